The number of imidazole rings is 1. The molecule has 2 saturated heterocycles. The Morgan fingerprint density at radius 2 is 1.86 bits per heavy atom. The lowest BCUT2D eigenvalue weighted by Crippen LogP contribution is -2.55. The number of aromatic nitrogens is 3. The van der Waals surface area contributed by atoms with Crippen molar-refractivity contribution in [2.45, 2.75) is 42.6 Å². The second kappa shape index (κ2) is 7.95. The number of halogens is 3. The van der Waals surface area contributed by atoms with E-state index in [-0.39, 0.29) is 29.0 Å². The van der Waals surface area contributed by atoms with Crippen molar-refractivity contribution in [2.75, 3.05) is 18.9 Å². The van der Waals surface area contributed by atoms with E-state index in [1.807, 2.05) is 4.40 Å². The molecule has 3 aromatic rings. The maximum absolute atomic E-state index is 15.0. The second-order valence-corrected chi connectivity index (χ2v) is 9.72. The molecule has 0 radical (unpaired) electrons. The molecule has 3 fully saturated rings. The lowest BCUT2D eigenvalue weighted by molar-refractivity contribution is -0.177. The number of benzene rings is 1. The number of allylic oxidation sites excluding steroid dienone is 4. The van der Waals surface area contributed by atoms with Gasteiger partial charge >= 0.3 is 5.92 Å². The summed E-state index contributed by atoms with van der Waals surface area (Å²) in [5, 5.41) is 9.80. The number of aliphatic hydroxyl groups excluding tert-OH is 1. The van der Waals surface area contributed by atoms with E-state index in [0.29, 0.717) is 23.4 Å². The highest BCUT2D eigenvalue weighted by molar-refractivity contribution is 5.87. The Labute approximate surface area is 204 Å². The van der Waals surface area contributed by atoms with E-state index in [9.17, 15) is 9.50 Å². The first-order valence-corrected chi connectivity index (χ1v) is 11.7. The van der Waals surface area contributed by atoms with Crippen LogP contribution in [-0.2, 0) is 16.1 Å². The van der Waals surface area contributed by atoms with Crippen LogP contribution in [0.5, 0.6) is 0 Å². The number of nitrogen functional groups attached to an aromatic ring is 1. The smallest absolute Gasteiger partial charge is 0.306 e. The zero-order chi connectivity index (χ0) is 25.1. The third-order valence-electron chi connectivity index (χ3n) is 7.67. The van der Waals surface area contributed by atoms with Crippen molar-refractivity contribution in [1.29, 1.82) is 0 Å². The van der Waals surface area contributed by atoms with Gasteiger partial charge < -0.3 is 15.6 Å². The maximum Gasteiger partial charge on any atom is 0.306 e. The summed E-state index contributed by atoms with van der Waals surface area (Å²) >= 11 is 0. The molecule has 36 heavy (non-hydrogen) atoms. The number of nitrogens with zero attached hydrogens (tertiary/aromatic N) is 3. The predicted octanol–water partition coefficient (Wildman–Crippen LogP) is 4.45. The van der Waals surface area contributed by atoms with Crippen LogP contribution in [0.2, 0.25) is 0 Å². The van der Waals surface area contributed by atoms with Gasteiger partial charge in [0.15, 0.2) is 0 Å². The summed E-state index contributed by atoms with van der Waals surface area (Å²) in [5.74, 6) is -2.93. The van der Waals surface area contributed by atoms with E-state index in [0.717, 1.165) is 55.8 Å². The van der Waals surface area contributed by atoms with Crippen molar-refractivity contribution in [3.8, 4) is 0 Å². The third-order valence-corrected chi connectivity index (χ3v) is 7.67. The summed E-state index contributed by atoms with van der Waals surface area (Å²) in [7, 11) is 0. The van der Waals surface area contributed by atoms with Crippen molar-refractivity contribution in [3.63, 3.8) is 0 Å². The van der Waals surface area contributed by atoms with Crippen LogP contribution < -0.4 is 5.73 Å². The van der Waals surface area contributed by atoms with Crippen molar-refractivity contribution >= 4 is 16.9 Å². The quantitative estimate of drug-likeness (QED) is 0.514. The van der Waals surface area contributed by atoms with Crippen molar-refractivity contribution < 1.29 is 23.0 Å². The Hall–Kier alpha value is -3.61. The molecule has 0 spiro atoms. The normalized spacial score (nSPS) is 25.3. The maximum atomic E-state index is 15.0. The fraction of sp³-hybridized carbons (Fsp3) is 0.333. The number of ether oxygens (including phenoxy) is 1. The first-order valence-electron chi connectivity index (χ1n) is 11.7. The van der Waals surface area contributed by atoms with Gasteiger partial charge in [-0.15, -0.1) is 0 Å². The van der Waals surface area contributed by atoms with Gasteiger partial charge in [0.25, 0.3) is 0 Å². The molecule has 3 N–H and O–H groups in total. The number of rotatable bonds is 5. The van der Waals surface area contributed by atoms with E-state index < -0.39 is 17.3 Å². The molecule has 1 aromatic carbocycles. The van der Waals surface area contributed by atoms with Crippen LogP contribution in [-0.4, -0.2) is 38.3 Å². The Balaban J connectivity index is 1.46. The Kier molecular flexibility index (Phi) is 5.04. The molecule has 7 rings (SSSR count). The Bertz CT molecular complexity index is 1490. The molecule has 0 amide bonds. The van der Waals surface area contributed by atoms with E-state index in [1.54, 1.807) is 12.4 Å². The van der Waals surface area contributed by atoms with E-state index in [1.165, 1.54) is 12.2 Å². The SMILES string of the molecule is Nc1nccn2c(C34CCC(CO)(CC3)OC4)nc(C3=C=C=C(C(F)(F)c4ccc(F)cc4)C=C3)c12. The summed E-state index contributed by atoms with van der Waals surface area (Å²) < 4.78 is 51.2. The number of fused-ring (bicyclic) bond motifs is 4. The van der Waals surface area contributed by atoms with Crippen LogP contribution in [0.15, 0.2) is 65.8 Å². The molecule has 2 aliphatic carbocycles. The van der Waals surface area contributed by atoms with Crippen molar-refractivity contribution in [2.24, 2.45) is 0 Å². The summed E-state index contributed by atoms with van der Waals surface area (Å²) in [6.45, 7) is 0.417. The van der Waals surface area contributed by atoms with E-state index >= 15 is 8.78 Å². The number of alkyl halides is 2. The van der Waals surface area contributed by atoms with Gasteiger partial charge in [0.2, 0.25) is 0 Å². The first kappa shape index (κ1) is 22.8. The lowest BCUT2D eigenvalue weighted by Gasteiger charge is -2.51. The second-order valence-electron chi connectivity index (χ2n) is 9.72. The molecule has 0 atom stereocenters. The first-order chi connectivity index (χ1) is 17.3. The van der Waals surface area contributed by atoms with Crippen LogP contribution in [0, 0.1) is 5.82 Å². The molecule has 184 valence electrons. The fourth-order valence-electron chi connectivity index (χ4n) is 5.40. The van der Waals surface area contributed by atoms with Gasteiger partial charge in [-0.25, -0.2) is 14.4 Å². The number of aliphatic hydroxyl groups is 1. The molecule has 4 aliphatic rings. The summed E-state index contributed by atoms with van der Waals surface area (Å²) in [6, 6.07) is 4.11. The monoisotopic (exact) mass is 492 g/mol. The molecule has 2 aromatic heterocycles. The molecule has 4 heterocycles. The molecular weight excluding hydrogens is 469 g/mol. The van der Waals surface area contributed by atoms with Gasteiger partial charge in [0, 0.05) is 18.0 Å². The molecule has 0 unspecified atom stereocenters. The Morgan fingerprint density at radius 1 is 1.11 bits per heavy atom. The third kappa shape index (κ3) is 3.36. The van der Waals surface area contributed by atoms with Crippen LogP contribution in [0.3, 0.4) is 0 Å². The predicted molar refractivity (Wildman–Crippen MR) is 127 cm³/mol. The summed E-state index contributed by atoms with van der Waals surface area (Å²) in [4.78, 5) is 9.16. The minimum atomic E-state index is -3.37. The molecule has 1 saturated carbocycles. The highest BCUT2D eigenvalue weighted by atomic mass is 19.3. The van der Waals surface area contributed by atoms with Crippen LogP contribution >= 0.6 is 0 Å². The number of nitrogens with two attached hydrogens (primary N) is 1. The standard InChI is InChI=1S/C27H23F3N4O2/c28-20-7-5-19(6-8-20)27(29,30)18-3-1-17(2-4-18)21-22-23(31)32-13-14-34(22)24(33-21)25-9-11-26(15-35,12-10-25)36-16-25/h1,3,5-8,13-14,35H,9-12,15-16H2,(H2,31,32). The largest absolute Gasteiger partial charge is 0.393 e. The highest BCUT2D eigenvalue weighted by Gasteiger charge is 2.52. The Morgan fingerprint density at radius 3 is 2.47 bits per heavy atom. The molecular formula is C27H23F3N4O2. The van der Waals surface area contributed by atoms with Crippen LogP contribution in [0.25, 0.3) is 11.1 Å². The average molecular weight is 493 g/mol. The number of hydrogen-bond acceptors (Lipinski definition) is 5. The van der Waals surface area contributed by atoms with Crippen molar-refractivity contribution in [1.82, 2.24) is 14.4 Å². The van der Waals surface area contributed by atoms with Gasteiger partial charge in [-0.05, 0) is 62.1 Å². The number of hydrogen-bond donors (Lipinski definition) is 2. The molecule has 2 bridgehead atoms. The van der Waals surface area contributed by atoms with Gasteiger partial charge in [-0.1, -0.05) is 11.5 Å². The summed E-state index contributed by atoms with van der Waals surface area (Å²) in [5.41, 5.74) is 11.6. The fourth-order valence-corrected chi connectivity index (χ4v) is 5.40. The van der Waals surface area contributed by atoms with Crippen LogP contribution in [0.4, 0.5) is 19.0 Å². The average Bonchev–Trinajstić information content (AvgIpc) is 3.32. The molecule has 9 heteroatoms. The number of anilines is 1. The minimum Gasteiger partial charge on any atom is -0.393 e. The van der Waals surface area contributed by atoms with Crippen LogP contribution in [0.1, 0.15) is 42.8 Å². The van der Waals surface area contributed by atoms with Gasteiger partial charge in [-0.2, -0.15) is 8.78 Å². The van der Waals surface area contributed by atoms with E-state index in [2.05, 4.69) is 16.4 Å². The highest BCUT2D eigenvalue weighted by Crippen LogP contribution is 2.50. The van der Waals surface area contributed by atoms with Crippen molar-refractivity contribution in [3.05, 3.63) is 88.7 Å². The summed E-state index contributed by atoms with van der Waals surface area (Å²) in [6.07, 6.45) is 9.21. The lowest BCUT2D eigenvalue weighted by atomic mass is 9.66. The minimum absolute atomic E-state index is 0.00672. The van der Waals surface area contributed by atoms with E-state index in [4.69, 9.17) is 15.5 Å². The topological polar surface area (TPSA) is 85.7 Å². The van der Waals surface area contributed by atoms with Gasteiger partial charge in [0.05, 0.1) is 35.4 Å². The zero-order valence-electron chi connectivity index (χ0n) is 19.3. The van der Waals surface area contributed by atoms with Gasteiger partial charge in [-0.3, -0.25) is 4.40 Å². The molecule has 2 aliphatic heterocycles. The zero-order valence-corrected chi connectivity index (χ0v) is 19.3. The molecule has 6 nitrogen and oxygen atoms in total. The van der Waals surface area contributed by atoms with Gasteiger partial charge in [0.1, 0.15) is 28.7 Å².